The Morgan fingerprint density at radius 3 is 2.48 bits per heavy atom. The van der Waals surface area contributed by atoms with Gasteiger partial charge in [0, 0.05) is 6.04 Å². The molecule has 0 saturated heterocycles. The molecule has 0 bridgehead atoms. The number of hydrogen-bond donors (Lipinski definition) is 3. The molecular weight excluding hydrogens is 415 g/mol. The van der Waals surface area contributed by atoms with Crippen LogP contribution in [0.25, 0.3) is 0 Å². The van der Waals surface area contributed by atoms with Crippen LogP contribution < -0.4 is 10.0 Å². The van der Waals surface area contributed by atoms with Gasteiger partial charge in [-0.25, -0.2) is 17.5 Å². The van der Waals surface area contributed by atoms with Crippen molar-refractivity contribution in [3.63, 3.8) is 0 Å². The topological polar surface area (TPSA) is 78.4 Å². The van der Waals surface area contributed by atoms with E-state index in [4.69, 9.17) is 0 Å². The van der Waals surface area contributed by atoms with Crippen molar-refractivity contribution in [2.24, 2.45) is 5.92 Å². The van der Waals surface area contributed by atoms with Crippen molar-refractivity contribution in [2.45, 2.75) is 62.3 Å². The average molecular weight is 449 g/mol. The molecular formula is C24H33FN2O3S. The molecule has 3 N–H and O–H groups in total. The lowest BCUT2D eigenvalue weighted by Gasteiger charge is -2.29. The number of phenolic OH excluding ortho intramolecular Hbond substituents is 1. The average Bonchev–Trinajstić information content (AvgIpc) is 2.79. The minimum atomic E-state index is -3.65. The molecule has 0 amide bonds. The van der Waals surface area contributed by atoms with Crippen molar-refractivity contribution < 1.29 is 17.9 Å². The van der Waals surface area contributed by atoms with Crippen molar-refractivity contribution in [3.05, 3.63) is 59.4 Å². The minimum Gasteiger partial charge on any atom is -0.508 e. The van der Waals surface area contributed by atoms with E-state index in [2.05, 4.69) is 11.4 Å². The second-order valence-corrected chi connectivity index (χ2v) is 10.3. The van der Waals surface area contributed by atoms with Crippen LogP contribution in [0.3, 0.4) is 0 Å². The Morgan fingerprint density at radius 2 is 1.77 bits per heavy atom. The van der Waals surface area contributed by atoms with Crippen LogP contribution in [0.4, 0.5) is 4.39 Å². The fourth-order valence-electron chi connectivity index (χ4n) is 4.41. The smallest absolute Gasteiger partial charge is 0.243 e. The Balaban J connectivity index is 0.000000196. The molecule has 2 aliphatic rings. The van der Waals surface area contributed by atoms with Gasteiger partial charge in [-0.05, 0) is 87.0 Å². The number of hydrogen-bond acceptors (Lipinski definition) is 4. The Kier molecular flexibility index (Phi) is 8.46. The van der Waals surface area contributed by atoms with E-state index in [0.717, 1.165) is 24.8 Å². The lowest BCUT2D eigenvalue weighted by molar-refractivity contribution is 0.319. The number of rotatable bonds is 5. The molecule has 2 aromatic carbocycles. The van der Waals surface area contributed by atoms with E-state index in [1.807, 2.05) is 16.9 Å². The van der Waals surface area contributed by atoms with Gasteiger partial charge in [-0.1, -0.05) is 37.5 Å². The van der Waals surface area contributed by atoms with E-state index >= 15 is 0 Å². The predicted molar refractivity (Wildman–Crippen MR) is 121 cm³/mol. The molecule has 1 atom stereocenters. The number of aryl methyl sites for hydroxylation is 1. The maximum atomic E-state index is 12.9. The lowest BCUT2D eigenvalue weighted by atomic mass is 9.86. The highest BCUT2D eigenvalue weighted by Gasteiger charge is 2.20. The van der Waals surface area contributed by atoms with Crippen molar-refractivity contribution in [2.75, 3.05) is 13.6 Å². The summed E-state index contributed by atoms with van der Waals surface area (Å²) in [7, 11) is -2.42. The molecule has 0 aliphatic heterocycles. The molecule has 2 aromatic rings. The zero-order valence-electron chi connectivity index (χ0n) is 18.1. The molecule has 0 aromatic heterocycles. The molecule has 170 valence electrons. The van der Waals surface area contributed by atoms with E-state index in [1.165, 1.54) is 81.4 Å². The minimum absolute atomic E-state index is 0.326. The van der Waals surface area contributed by atoms with Crippen molar-refractivity contribution in [1.29, 1.82) is 0 Å². The fraction of sp³-hybridized carbons (Fsp3) is 0.500. The molecule has 1 fully saturated rings. The first-order valence-electron chi connectivity index (χ1n) is 11.1. The van der Waals surface area contributed by atoms with Gasteiger partial charge in [0.05, 0.1) is 0 Å². The van der Waals surface area contributed by atoms with Gasteiger partial charge in [0.25, 0.3) is 0 Å². The van der Waals surface area contributed by atoms with Crippen LogP contribution >= 0.6 is 0 Å². The summed E-state index contributed by atoms with van der Waals surface area (Å²) >= 11 is 0. The van der Waals surface area contributed by atoms with Crippen LogP contribution in [0.5, 0.6) is 5.75 Å². The molecule has 4 rings (SSSR count). The van der Waals surface area contributed by atoms with Gasteiger partial charge in [0.15, 0.2) is 0 Å². The van der Waals surface area contributed by atoms with E-state index < -0.39 is 15.8 Å². The largest absolute Gasteiger partial charge is 0.508 e. The van der Waals surface area contributed by atoms with Crippen molar-refractivity contribution in [1.82, 2.24) is 10.0 Å². The van der Waals surface area contributed by atoms with Gasteiger partial charge in [-0.2, -0.15) is 0 Å². The number of nitrogens with one attached hydrogen (secondary N) is 2. The Labute approximate surface area is 185 Å². The first-order chi connectivity index (χ1) is 14.9. The highest BCUT2D eigenvalue weighted by Crippen LogP contribution is 2.26. The second-order valence-electron chi connectivity index (χ2n) is 8.44. The van der Waals surface area contributed by atoms with E-state index in [9.17, 15) is 17.9 Å². The summed E-state index contributed by atoms with van der Waals surface area (Å²) in [6.45, 7) is 1.21. The molecule has 0 heterocycles. The predicted octanol–water partition coefficient (Wildman–Crippen LogP) is 4.15. The standard InChI is InChI=1S/C17H25NO.C7H8FNO2S/c19-17-9-7-14-10-16(8-6-15(14)11-17)18-12-13-4-2-1-3-5-13;1-9-12(10,11)7-5-3-2-4-6(7)8/h7,9,11,13,16,18-19H,1-6,8,10,12H2;2-5,9H,1H3. The molecule has 7 heteroatoms. The molecule has 1 saturated carbocycles. The van der Waals surface area contributed by atoms with Crippen molar-refractivity contribution in [3.8, 4) is 5.75 Å². The number of aromatic hydroxyl groups is 1. The van der Waals surface area contributed by atoms with E-state index in [-0.39, 0.29) is 4.90 Å². The number of halogens is 1. The van der Waals surface area contributed by atoms with E-state index in [0.29, 0.717) is 11.8 Å². The van der Waals surface area contributed by atoms with Crippen LogP contribution in [-0.4, -0.2) is 33.2 Å². The van der Waals surface area contributed by atoms with Crippen LogP contribution in [-0.2, 0) is 22.9 Å². The van der Waals surface area contributed by atoms with Gasteiger partial charge in [0.1, 0.15) is 16.5 Å². The maximum Gasteiger partial charge on any atom is 0.243 e. The fourth-order valence-corrected chi connectivity index (χ4v) is 5.22. The van der Waals surface area contributed by atoms with E-state index in [1.54, 1.807) is 0 Å². The summed E-state index contributed by atoms with van der Waals surface area (Å²) in [5.74, 6) is 0.578. The third-order valence-electron chi connectivity index (χ3n) is 6.23. The van der Waals surface area contributed by atoms with Crippen molar-refractivity contribution >= 4 is 10.0 Å². The molecule has 31 heavy (non-hydrogen) atoms. The third-order valence-corrected chi connectivity index (χ3v) is 7.68. The summed E-state index contributed by atoms with van der Waals surface area (Å²) < 4.78 is 37.0. The Bertz CT molecular complexity index is 959. The van der Waals surface area contributed by atoms with Crippen LogP contribution in [0, 0.1) is 11.7 Å². The number of benzene rings is 2. The summed E-state index contributed by atoms with van der Waals surface area (Å²) in [6.07, 6.45) is 10.6. The Morgan fingerprint density at radius 1 is 1.03 bits per heavy atom. The second kappa shape index (κ2) is 11.1. The first kappa shape index (κ1) is 23.7. The van der Waals surface area contributed by atoms with Crippen LogP contribution in [0.15, 0.2) is 47.4 Å². The highest BCUT2D eigenvalue weighted by atomic mass is 32.2. The molecule has 2 aliphatic carbocycles. The van der Waals surface area contributed by atoms with Gasteiger partial charge in [-0.3, -0.25) is 0 Å². The maximum absolute atomic E-state index is 12.9. The first-order valence-corrected chi connectivity index (χ1v) is 12.6. The number of sulfonamides is 1. The zero-order chi connectivity index (χ0) is 22.3. The van der Waals surface area contributed by atoms with Crippen LogP contribution in [0.2, 0.25) is 0 Å². The summed E-state index contributed by atoms with van der Waals surface area (Å²) in [6, 6.07) is 11.7. The van der Waals surface area contributed by atoms with Gasteiger partial charge in [-0.15, -0.1) is 0 Å². The summed E-state index contributed by atoms with van der Waals surface area (Å²) in [4.78, 5) is -0.326. The van der Waals surface area contributed by atoms with Gasteiger partial charge < -0.3 is 10.4 Å². The lowest BCUT2D eigenvalue weighted by Crippen LogP contribution is -2.38. The SMILES string of the molecule is CNS(=O)(=O)c1ccccc1F.Oc1ccc2c(c1)CCC(NCC1CCCCC1)C2. The van der Waals surface area contributed by atoms with Crippen LogP contribution in [0.1, 0.15) is 49.7 Å². The molecule has 0 spiro atoms. The zero-order valence-corrected chi connectivity index (χ0v) is 18.9. The Hall–Kier alpha value is -1.96. The monoisotopic (exact) mass is 448 g/mol. The number of phenols is 1. The summed E-state index contributed by atoms with van der Waals surface area (Å²) in [5, 5.41) is 13.3. The molecule has 5 nitrogen and oxygen atoms in total. The molecule has 1 unspecified atom stereocenters. The number of fused-ring (bicyclic) bond motifs is 1. The summed E-state index contributed by atoms with van der Waals surface area (Å²) in [5.41, 5.74) is 2.76. The molecule has 0 radical (unpaired) electrons. The third kappa shape index (κ3) is 6.76. The highest BCUT2D eigenvalue weighted by molar-refractivity contribution is 7.89. The quantitative estimate of drug-likeness (QED) is 0.642. The van der Waals surface area contributed by atoms with Gasteiger partial charge >= 0.3 is 0 Å². The normalized spacial score (nSPS) is 19.2. The van der Waals surface area contributed by atoms with Gasteiger partial charge in [0.2, 0.25) is 10.0 Å².